The Morgan fingerprint density at radius 1 is 1.25 bits per heavy atom. The topological polar surface area (TPSA) is 42.7 Å². The third kappa shape index (κ3) is 3.59. The zero-order valence-electron chi connectivity index (χ0n) is 11.1. The molecule has 1 heterocycles. The first-order chi connectivity index (χ1) is 7.52. The fourth-order valence-corrected chi connectivity index (χ4v) is 1.52. The van der Waals surface area contributed by atoms with Gasteiger partial charge in [0, 0.05) is 25.0 Å². The maximum atomic E-state index is 4.15. The van der Waals surface area contributed by atoms with Crippen LogP contribution in [0.4, 0.5) is 0 Å². The van der Waals surface area contributed by atoms with Crippen molar-refractivity contribution >= 4 is 0 Å². The van der Waals surface area contributed by atoms with Crippen LogP contribution in [0.1, 0.15) is 46.5 Å². The van der Waals surface area contributed by atoms with E-state index in [1.54, 1.807) is 0 Å². The monoisotopic (exact) mass is 224 g/mol. The van der Waals surface area contributed by atoms with E-state index in [9.17, 15) is 0 Å². The van der Waals surface area contributed by atoms with Crippen LogP contribution in [0.25, 0.3) is 0 Å². The lowest BCUT2D eigenvalue weighted by molar-refractivity contribution is 0.425. The first-order valence-electron chi connectivity index (χ1n) is 6.14. The highest BCUT2D eigenvalue weighted by atomic mass is 15.3. The second-order valence-corrected chi connectivity index (χ2v) is 4.99. The maximum Gasteiger partial charge on any atom is 0.134 e. The molecule has 0 bridgehead atoms. The molecule has 1 aromatic rings. The van der Waals surface area contributed by atoms with Crippen molar-refractivity contribution in [1.29, 1.82) is 0 Å². The minimum atomic E-state index is 0.438. The molecule has 0 aliphatic heterocycles. The molecule has 0 fully saturated rings. The summed E-state index contributed by atoms with van der Waals surface area (Å²) in [5, 5.41) is 11.6. The zero-order chi connectivity index (χ0) is 12.1. The molecule has 4 heteroatoms. The largest absolute Gasteiger partial charge is 0.315 e. The lowest BCUT2D eigenvalue weighted by atomic mass is 10.1. The quantitative estimate of drug-likeness (QED) is 0.804. The van der Waals surface area contributed by atoms with E-state index in [0.29, 0.717) is 18.0 Å². The first-order valence-corrected chi connectivity index (χ1v) is 6.14. The van der Waals surface area contributed by atoms with Gasteiger partial charge in [0.2, 0.25) is 0 Å². The number of nitrogens with zero attached hydrogens (tertiary/aromatic N) is 3. The maximum absolute atomic E-state index is 4.15. The Balaban J connectivity index is 2.40. The molecule has 92 valence electrons. The van der Waals surface area contributed by atoms with Gasteiger partial charge in [-0.15, -0.1) is 10.2 Å². The number of hydrogen-bond acceptors (Lipinski definition) is 3. The van der Waals surface area contributed by atoms with Gasteiger partial charge in [-0.25, -0.2) is 0 Å². The molecular formula is C12H24N4. The summed E-state index contributed by atoms with van der Waals surface area (Å²) in [4.78, 5) is 0. The molecule has 1 unspecified atom stereocenters. The van der Waals surface area contributed by atoms with E-state index in [4.69, 9.17) is 0 Å². The van der Waals surface area contributed by atoms with E-state index in [-0.39, 0.29) is 0 Å². The van der Waals surface area contributed by atoms with Crippen LogP contribution >= 0.6 is 0 Å². The summed E-state index contributed by atoms with van der Waals surface area (Å²) in [6.07, 6.45) is 2.75. The van der Waals surface area contributed by atoms with E-state index in [1.165, 1.54) is 0 Å². The van der Waals surface area contributed by atoms with Crippen LogP contribution in [-0.4, -0.2) is 27.4 Å². The van der Waals surface area contributed by atoms with E-state index < -0.39 is 0 Å². The molecule has 1 aromatic heterocycles. The normalized spacial score (nSPS) is 13.7. The van der Waals surface area contributed by atoms with Crippen LogP contribution in [0.3, 0.4) is 0 Å². The molecule has 0 radical (unpaired) electrons. The highest BCUT2D eigenvalue weighted by Gasteiger charge is 2.09. The van der Waals surface area contributed by atoms with Gasteiger partial charge in [0.15, 0.2) is 0 Å². The second-order valence-electron chi connectivity index (χ2n) is 4.99. The molecule has 1 rings (SSSR count). The third-order valence-corrected chi connectivity index (χ3v) is 3.02. The van der Waals surface area contributed by atoms with E-state index in [1.807, 2.05) is 6.33 Å². The SMILES string of the molecule is CC(C)C(C)NCCc1nncn1C(C)C. The number of hydrogen-bond donors (Lipinski definition) is 1. The summed E-state index contributed by atoms with van der Waals surface area (Å²) in [5.41, 5.74) is 0. The Morgan fingerprint density at radius 2 is 1.94 bits per heavy atom. The molecule has 1 N–H and O–H groups in total. The molecular weight excluding hydrogens is 200 g/mol. The first kappa shape index (κ1) is 13.2. The van der Waals surface area contributed by atoms with Crippen LogP contribution < -0.4 is 5.32 Å². The standard InChI is InChI=1S/C12H24N4/c1-9(2)11(5)13-7-6-12-15-14-8-16(12)10(3)4/h8-11,13H,6-7H2,1-5H3. The summed E-state index contributed by atoms with van der Waals surface area (Å²) in [7, 11) is 0. The van der Waals surface area contributed by atoms with Crippen LogP contribution in [0.15, 0.2) is 6.33 Å². The lowest BCUT2D eigenvalue weighted by Gasteiger charge is -2.17. The van der Waals surface area contributed by atoms with Crippen molar-refractivity contribution in [2.75, 3.05) is 6.54 Å². The summed E-state index contributed by atoms with van der Waals surface area (Å²) in [6, 6.07) is 0.989. The highest BCUT2D eigenvalue weighted by molar-refractivity contribution is 4.89. The minimum Gasteiger partial charge on any atom is -0.315 e. The summed E-state index contributed by atoms with van der Waals surface area (Å²) in [5.74, 6) is 1.74. The van der Waals surface area contributed by atoms with Gasteiger partial charge >= 0.3 is 0 Å². The molecule has 0 aromatic carbocycles. The zero-order valence-corrected chi connectivity index (χ0v) is 11.1. The molecule has 0 aliphatic rings. The van der Waals surface area contributed by atoms with Gasteiger partial charge in [-0.2, -0.15) is 0 Å². The van der Waals surface area contributed by atoms with Crippen molar-refractivity contribution in [3.63, 3.8) is 0 Å². The van der Waals surface area contributed by atoms with Gasteiger partial charge in [0.05, 0.1) is 0 Å². The van der Waals surface area contributed by atoms with Gasteiger partial charge in [0.1, 0.15) is 12.2 Å². The van der Waals surface area contributed by atoms with Crippen LogP contribution in [0.2, 0.25) is 0 Å². The van der Waals surface area contributed by atoms with E-state index in [0.717, 1.165) is 18.8 Å². The summed E-state index contributed by atoms with van der Waals surface area (Å²) < 4.78 is 2.13. The van der Waals surface area contributed by atoms with Crippen LogP contribution in [0.5, 0.6) is 0 Å². The molecule has 0 saturated carbocycles. The fourth-order valence-electron chi connectivity index (χ4n) is 1.52. The average molecular weight is 224 g/mol. The molecule has 16 heavy (non-hydrogen) atoms. The Bertz CT molecular complexity index is 304. The Kier molecular flexibility index (Phi) is 4.93. The average Bonchev–Trinajstić information content (AvgIpc) is 2.65. The van der Waals surface area contributed by atoms with E-state index >= 15 is 0 Å². The highest BCUT2D eigenvalue weighted by Crippen LogP contribution is 2.07. The number of aromatic nitrogens is 3. The molecule has 0 aliphatic carbocycles. The molecule has 0 saturated heterocycles. The van der Waals surface area contributed by atoms with Crippen molar-refractivity contribution < 1.29 is 0 Å². The van der Waals surface area contributed by atoms with E-state index in [2.05, 4.69) is 54.7 Å². The van der Waals surface area contributed by atoms with Crippen molar-refractivity contribution in [2.24, 2.45) is 5.92 Å². The predicted molar refractivity (Wildman–Crippen MR) is 66.4 cm³/mol. The van der Waals surface area contributed by atoms with Crippen molar-refractivity contribution in [1.82, 2.24) is 20.1 Å². The molecule has 1 atom stereocenters. The summed E-state index contributed by atoms with van der Waals surface area (Å²) in [6.45, 7) is 11.9. The summed E-state index contributed by atoms with van der Waals surface area (Å²) >= 11 is 0. The second kappa shape index (κ2) is 5.99. The Hall–Kier alpha value is -0.900. The van der Waals surface area contributed by atoms with Gasteiger partial charge in [0.25, 0.3) is 0 Å². The van der Waals surface area contributed by atoms with Gasteiger partial charge < -0.3 is 9.88 Å². The van der Waals surface area contributed by atoms with Crippen LogP contribution in [-0.2, 0) is 6.42 Å². The predicted octanol–water partition coefficient (Wildman–Crippen LogP) is 2.04. The number of nitrogens with one attached hydrogen (secondary N) is 1. The molecule has 0 spiro atoms. The molecule has 4 nitrogen and oxygen atoms in total. The van der Waals surface area contributed by atoms with Gasteiger partial charge in [-0.05, 0) is 26.7 Å². The van der Waals surface area contributed by atoms with Gasteiger partial charge in [-0.1, -0.05) is 13.8 Å². The van der Waals surface area contributed by atoms with Crippen molar-refractivity contribution in [3.05, 3.63) is 12.2 Å². The fraction of sp³-hybridized carbons (Fsp3) is 0.833. The van der Waals surface area contributed by atoms with Crippen LogP contribution in [0, 0.1) is 5.92 Å². The molecule has 0 amide bonds. The Labute approximate surface area is 98.5 Å². The smallest absolute Gasteiger partial charge is 0.134 e. The Morgan fingerprint density at radius 3 is 2.50 bits per heavy atom. The van der Waals surface area contributed by atoms with Gasteiger partial charge in [-0.3, -0.25) is 0 Å². The third-order valence-electron chi connectivity index (χ3n) is 3.02. The number of rotatable bonds is 6. The van der Waals surface area contributed by atoms with Crippen molar-refractivity contribution in [2.45, 2.75) is 53.1 Å². The lowest BCUT2D eigenvalue weighted by Crippen LogP contribution is -2.32. The minimum absolute atomic E-state index is 0.438. The van der Waals surface area contributed by atoms with Crippen molar-refractivity contribution in [3.8, 4) is 0 Å².